The quantitative estimate of drug-likeness (QED) is 0.933. The van der Waals surface area contributed by atoms with E-state index in [1.54, 1.807) is 23.3 Å². The molecule has 0 fully saturated rings. The smallest absolute Gasteiger partial charge is 0.0693 e. The summed E-state index contributed by atoms with van der Waals surface area (Å²) in [7, 11) is 1.90. The zero-order valence-corrected chi connectivity index (χ0v) is 10.6. The Hall–Kier alpha value is -1.20. The molecule has 0 aromatic carbocycles. The molecule has 2 aromatic heterocycles. The van der Waals surface area contributed by atoms with E-state index in [2.05, 4.69) is 26.0 Å². The van der Waals surface area contributed by atoms with Crippen LogP contribution in [0.3, 0.4) is 0 Å². The van der Waals surface area contributed by atoms with Crippen LogP contribution in [0.1, 0.15) is 17.3 Å². The molecule has 0 saturated carbocycles. The van der Waals surface area contributed by atoms with Gasteiger partial charge in [0.2, 0.25) is 0 Å². The van der Waals surface area contributed by atoms with E-state index in [-0.39, 0.29) is 6.04 Å². The zero-order chi connectivity index (χ0) is 11.5. The lowest BCUT2D eigenvalue weighted by atomic mass is 10.1. The molecule has 4 nitrogen and oxygen atoms in total. The second kappa shape index (κ2) is 4.76. The first-order valence-corrected chi connectivity index (χ1v) is 5.79. The van der Waals surface area contributed by atoms with Crippen LogP contribution >= 0.6 is 15.9 Å². The highest BCUT2D eigenvalue weighted by atomic mass is 79.9. The minimum Gasteiger partial charge on any atom is -0.322 e. The fourth-order valence-corrected chi connectivity index (χ4v) is 2.35. The Labute approximate surface area is 103 Å². The molecular weight excluding hydrogens is 268 g/mol. The Morgan fingerprint density at radius 3 is 2.69 bits per heavy atom. The number of rotatable bonds is 3. The number of hydrogen-bond acceptors (Lipinski definition) is 3. The molecule has 0 aliphatic heterocycles. The average molecular weight is 281 g/mol. The summed E-state index contributed by atoms with van der Waals surface area (Å²) in [4.78, 5) is 3.98. The maximum Gasteiger partial charge on any atom is 0.0693 e. The Morgan fingerprint density at radius 2 is 2.12 bits per heavy atom. The maximum atomic E-state index is 6.16. The van der Waals surface area contributed by atoms with Crippen LogP contribution < -0.4 is 5.73 Å². The van der Waals surface area contributed by atoms with Crippen molar-refractivity contribution in [3.05, 3.63) is 46.5 Å². The Kier molecular flexibility index (Phi) is 3.36. The molecule has 5 heteroatoms. The van der Waals surface area contributed by atoms with Crippen molar-refractivity contribution in [1.82, 2.24) is 14.8 Å². The number of aryl methyl sites for hydroxylation is 1. The maximum absolute atomic E-state index is 6.16. The Balaban J connectivity index is 2.18. The third kappa shape index (κ3) is 2.31. The van der Waals surface area contributed by atoms with Crippen molar-refractivity contribution in [1.29, 1.82) is 0 Å². The molecule has 0 spiro atoms. The first kappa shape index (κ1) is 11.3. The first-order chi connectivity index (χ1) is 7.68. The molecule has 1 unspecified atom stereocenters. The summed E-state index contributed by atoms with van der Waals surface area (Å²) in [5.41, 5.74) is 8.35. The molecule has 16 heavy (non-hydrogen) atoms. The van der Waals surface area contributed by atoms with Gasteiger partial charge < -0.3 is 5.73 Å². The minimum absolute atomic E-state index is 0.0655. The molecule has 1 atom stereocenters. The van der Waals surface area contributed by atoms with Crippen molar-refractivity contribution in [2.24, 2.45) is 12.8 Å². The van der Waals surface area contributed by atoms with Crippen molar-refractivity contribution in [2.75, 3.05) is 0 Å². The van der Waals surface area contributed by atoms with Crippen molar-refractivity contribution in [2.45, 2.75) is 12.5 Å². The van der Waals surface area contributed by atoms with Crippen molar-refractivity contribution < 1.29 is 0 Å². The van der Waals surface area contributed by atoms with Gasteiger partial charge in [0.1, 0.15) is 0 Å². The van der Waals surface area contributed by atoms with Gasteiger partial charge in [0.05, 0.1) is 22.4 Å². The average Bonchev–Trinajstić information content (AvgIpc) is 2.60. The fourth-order valence-electron chi connectivity index (χ4n) is 1.71. The monoisotopic (exact) mass is 280 g/mol. The summed E-state index contributed by atoms with van der Waals surface area (Å²) < 4.78 is 2.76. The second-order valence-corrected chi connectivity index (χ2v) is 4.52. The van der Waals surface area contributed by atoms with Crippen LogP contribution in [0.5, 0.6) is 0 Å². The van der Waals surface area contributed by atoms with E-state index in [4.69, 9.17) is 5.73 Å². The molecule has 2 heterocycles. The summed E-state index contributed by atoms with van der Waals surface area (Å²) in [6, 6.07) is 3.89. The minimum atomic E-state index is -0.0655. The van der Waals surface area contributed by atoms with Crippen LogP contribution in [-0.4, -0.2) is 14.8 Å². The lowest BCUT2D eigenvalue weighted by molar-refractivity contribution is 0.614. The molecule has 0 aliphatic rings. The Bertz CT molecular complexity index is 447. The number of aromatic nitrogens is 3. The van der Waals surface area contributed by atoms with Gasteiger partial charge in [-0.25, -0.2) is 0 Å². The standard InChI is InChI=1S/C11H13BrN4/c1-16-11(9(12)7-15-16)10(13)6-8-2-4-14-5-3-8/h2-5,7,10H,6,13H2,1H3. The van der Waals surface area contributed by atoms with Gasteiger partial charge in [0.25, 0.3) is 0 Å². The van der Waals surface area contributed by atoms with E-state index in [0.29, 0.717) is 0 Å². The second-order valence-electron chi connectivity index (χ2n) is 3.67. The van der Waals surface area contributed by atoms with E-state index in [1.807, 2.05) is 19.2 Å². The molecule has 0 bridgehead atoms. The van der Waals surface area contributed by atoms with Crippen LogP contribution in [0.15, 0.2) is 35.2 Å². The van der Waals surface area contributed by atoms with Gasteiger partial charge in [-0.05, 0) is 40.0 Å². The summed E-state index contributed by atoms with van der Waals surface area (Å²) in [6.45, 7) is 0. The molecule has 2 N–H and O–H groups in total. The molecule has 0 radical (unpaired) electrons. The van der Waals surface area contributed by atoms with Gasteiger partial charge >= 0.3 is 0 Å². The Morgan fingerprint density at radius 1 is 1.44 bits per heavy atom. The molecule has 0 aliphatic carbocycles. The highest BCUT2D eigenvalue weighted by Gasteiger charge is 2.14. The largest absolute Gasteiger partial charge is 0.322 e. The number of nitrogens with zero attached hydrogens (tertiary/aromatic N) is 3. The zero-order valence-electron chi connectivity index (χ0n) is 8.97. The topological polar surface area (TPSA) is 56.7 Å². The molecule has 2 rings (SSSR count). The van der Waals surface area contributed by atoms with E-state index < -0.39 is 0 Å². The van der Waals surface area contributed by atoms with Crippen LogP contribution in [0.25, 0.3) is 0 Å². The number of halogens is 1. The van der Waals surface area contributed by atoms with Crippen LogP contribution in [0.4, 0.5) is 0 Å². The van der Waals surface area contributed by atoms with Gasteiger partial charge in [-0.1, -0.05) is 0 Å². The van der Waals surface area contributed by atoms with Gasteiger partial charge in [-0.2, -0.15) is 5.10 Å². The van der Waals surface area contributed by atoms with Gasteiger partial charge in [-0.15, -0.1) is 0 Å². The molecule has 0 amide bonds. The third-order valence-corrected chi connectivity index (χ3v) is 3.10. The SMILES string of the molecule is Cn1ncc(Br)c1C(N)Cc1ccncc1. The van der Waals surface area contributed by atoms with Crippen LogP contribution in [-0.2, 0) is 13.5 Å². The van der Waals surface area contributed by atoms with Gasteiger partial charge in [0.15, 0.2) is 0 Å². The lowest BCUT2D eigenvalue weighted by Crippen LogP contribution is -2.17. The van der Waals surface area contributed by atoms with E-state index >= 15 is 0 Å². The predicted molar refractivity (Wildman–Crippen MR) is 65.8 cm³/mol. The van der Waals surface area contributed by atoms with Crippen molar-refractivity contribution >= 4 is 15.9 Å². The lowest BCUT2D eigenvalue weighted by Gasteiger charge is -2.12. The van der Waals surface area contributed by atoms with Crippen LogP contribution in [0.2, 0.25) is 0 Å². The fraction of sp³-hybridized carbons (Fsp3) is 0.273. The number of hydrogen-bond donors (Lipinski definition) is 1. The number of pyridine rings is 1. The molecular formula is C11H13BrN4. The first-order valence-electron chi connectivity index (χ1n) is 5.00. The molecule has 0 saturated heterocycles. The summed E-state index contributed by atoms with van der Waals surface area (Å²) in [5.74, 6) is 0. The summed E-state index contributed by atoms with van der Waals surface area (Å²) in [6.07, 6.45) is 6.10. The van der Waals surface area contributed by atoms with E-state index in [0.717, 1.165) is 16.6 Å². The predicted octanol–water partition coefficient (Wildman–Crippen LogP) is 1.82. The van der Waals surface area contributed by atoms with Crippen molar-refractivity contribution in [3.63, 3.8) is 0 Å². The van der Waals surface area contributed by atoms with Crippen molar-refractivity contribution in [3.8, 4) is 0 Å². The highest BCUT2D eigenvalue weighted by molar-refractivity contribution is 9.10. The summed E-state index contributed by atoms with van der Waals surface area (Å²) in [5, 5.41) is 4.16. The molecule has 2 aromatic rings. The van der Waals surface area contributed by atoms with Crippen LogP contribution in [0, 0.1) is 0 Å². The van der Waals surface area contributed by atoms with E-state index in [9.17, 15) is 0 Å². The summed E-state index contributed by atoms with van der Waals surface area (Å²) >= 11 is 3.46. The third-order valence-electron chi connectivity index (χ3n) is 2.49. The molecule has 84 valence electrons. The number of nitrogens with two attached hydrogens (primary N) is 1. The van der Waals surface area contributed by atoms with E-state index in [1.165, 1.54) is 5.56 Å². The highest BCUT2D eigenvalue weighted by Crippen LogP contribution is 2.23. The van der Waals surface area contributed by atoms with Gasteiger partial charge in [0, 0.05) is 19.4 Å². The normalized spacial score (nSPS) is 12.7. The van der Waals surface area contributed by atoms with Gasteiger partial charge in [-0.3, -0.25) is 9.67 Å².